The van der Waals surface area contributed by atoms with Crippen molar-refractivity contribution in [3.05, 3.63) is 77.1 Å². The van der Waals surface area contributed by atoms with Crippen LogP contribution in [0.2, 0.25) is 0 Å². The molecule has 0 saturated heterocycles. The van der Waals surface area contributed by atoms with E-state index < -0.39 is 35.3 Å². The third-order valence-electron chi connectivity index (χ3n) is 9.11. The molecule has 0 aliphatic heterocycles. The minimum Gasteiger partial charge on any atom is -0.496 e. The molecule has 2 aliphatic rings. The molecule has 4 aromatic rings. The van der Waals surface area contributed by atoms with Gasteiger partial charge < -0.3 is 9.15 Å². The first-order valence-corrected chi connectivity index (χ1v) is 15.0. The lowest BCUT2D eigenvalue weighted by Gasteiger charge is -2.15. The Morgan fingerprint density at radius 1 is 1.09 bits per heavy atom. The topological polar surface area (TPSA) is 89.1 Å². The minimum atomic E-state index is -4.47. The lowest BCUT2D eigenvalue weighted by Crippen LogP contribution is -2.28. The van der Waals surface area contributed by atoms with Crippen molar-refractivity contribution in [1.82, 2.24) is 9.97 Å². The first kappa shape index (κ1) is 30.0. The van der Waals surface area contributed by atoms with Gasteiger partial charge in [0.25, 0.3) is 0 Å². The number of rotatable bonds is 11. The fourth-order valence-electron chi connectivity index (χ4n) is 6.27. The Hall–Kier alpha value is -4.08. The van der Waals surface area contributed by atoms with Crippen LogP contribution in [0.4, 0.5) is 17.6 Å². The second-order valence-corrected chi connectivity index (χ2v) is 12.0. The lowest BCUT2D eigenvalue weighted by molar-refractivity contribution is -0.164. The summed E-state index contributed by atoms with van der Waals surface area (Å²) in [6, 6.07) is 9.27. The van der Waals surface area contributed by atoms with E-state index in [1.165, 1.54) is 44.2 Å². The van der Waals surface area contributed by atoms with Crippen LogP contribution in [-0.4, -0.2) is 34.7 Å². The van der Waals surface area contributed by atoms with Crippen molar-refractivity contribution >= 4 is 22.5 Å². The Bertz CT molecular complexity index is 1720. The van der Waals surface area contributed by atoms with Gasteiger partial charge in [0.2, 0.25) is 0 Å². The molecule has 10 heteroatoms. The zero-order valence-corrected chi connectivity index (χ0v) is 24.4. The molecular weight excluding hydrogens is 574 g/mol. The summed E-state index contributed by atoms with van der Waals surface area (Å²) in [4.78, 5) is 22.0. The number of methoxy groups -OCH3 is 1. The molecule has 6 rings (SSSR count). The van der Waals surface area contributed by atoms with Crippen molar-refractivity contribution in [1.29, 1.82) is 5.41 Å². The summed E-state index contributed by atoms with van der Waals surface area (Å²) in [7, 11) is 1.63. The number of ketones is 1. The zero-order chi connectivity index (χ0) is 31.1. The summed E-state index contributed by atoms with van der Waals surface area (Å²) >= 11 is 0. The Balaban J connectivity index is 1.14. The number of Topliss-reactive ketones (excluding diaryl/α,β-unsaturated/α-hetero) is 1. The van der Waals surface area contributed by atoms with Gasteiger partial charge in [-0.3, -0.25) is 15.2 Å². The molecule has 0 atom stereocenters. The van der Waals surface area contributed by atoms with Gasteiger partial charge in [0.05, 0.1) is 30.0 Å². The maximum Gasteiger partial charge on any atom is 0.401 e. The van der Waals surface area contributed by atoms with Crippen LogP contribution in [0.5, 0.6) is 5.75 Å². The van der Waals surface area contributed by atoms with Gasteiger partial charge in [-0.1, -0.05) is 44.2 Å². The third-order valence-corrected chi connectivity index (χ3v) is 9.11. The molecule has 2 aliphatic carbocycles. The molecule has 2 fully saturated rings. The average molecular weight is 608 g/mol. The molecule has 0 amide bonds. The van der Waals surface area contributed by atoms with Crippen LogP contribution in [0.3, 0.4) is 0 Å². The number of furan rings is 1. The van der Waals surface area contributed by atoms with E-state index in [4.69, 9.17) is 14.6 Å². The average Bonchev–Trinajstić information content (AvgIpc) is 3.41. The van der Waals surface area contributed by atoms with E-state index in [1.54, 1.807) is 19.4 Å². The minimum absolute atomic E-state index is 0.0545. The van der Waals surface area contributed by atoms with E-state index >= 15 is 4.39 Å². The number of halogens is 4. The van der Waals surface area contributed by atoms with Crippen LogP contribution < -0.4 is 4.74 Å². The number of alkyl halides is 3. The molecule has 2 aromatic heterocycles. The maximum absolute atomic E-state index is 15.1. The van der Waals surface area contributed by atoms with Gasteiger partial charge in [0.15, 0.2) is 5.78 Å². The molecule has 2 heterocycles. The van der Waals surface area contributed by atoms with E-state index in [-0.39, 0.29) is 29.7 Å². The van der Waals surface area contributed by atoms with Crippen LogP contribution in [0, 0.1) is 17.1 Å². The number of carbonyl (C=O) groups is 1. The summed E-state index contributed by atoms with van der Waals surface area (Å²) in [5.74, 6) is -0.141. The zero-order valence-electron chi connectivity index (χ0n) is 24.4. The van der Waals surface area contributed by atoms with Gasteiger partial charge in [-0.15, -0.1) is 0 Å². The summed E-state index contributed by atoms with van der Waals surface area (Å²) in [6.07, 6.45) is 5.98. The molecule has 230 valence electrons. The van der Waals surface area contributed by atoms with Crippen LogP contribution in [0.15, 0.2) is 53.3 Å². The number of fused-ring (bicyclic) bond motifs is 1. The Kier molecular flexibility index (Phi) is 8.02. The van der Waals surface area contributed by atoms with Gasteiger partial charge in [-0.05, 0) is 60.9 Å². The van der Waals surface area contributed by atoms with Crippen LogP contribution in [0.1, 0.15) is 73.8 Å². The molecule has 0 spiro atoms. The van der Waals surface area contributed by atoms with E-state index in [0.717, 1.165) is 47.9 Å². The molecular formula is C34H33F4N3O3. The predicted octanol–water partition coefficient (Wildman–Crippen LogP) is 8.32. The monoisotopic (exact) mass is 607 g/mol. The van der Waals surface area contributed by atoms with Gasteiger partial charge in [0, 0.05) is 23.6 Å². The summed E-state index contributed by atoms with van der Waals surface area (Å²) in [6.45, 7) is 0. The van der Waals surface area contributed by atoms with Crippen molar-refractivity contribution in [2.45, 2.75) is 75.8 Å². The number of benzene rings is 2. The smallest absolute Gasteiger partial charge is 0.401 e. The molecule has 2 aromatic carbocycles. The molecule has 2 saturated carbocycles. The van der Waals surface area contributed by atoms with Crippen molar-refractivity contribution < 1.29 is 31.5 Å². The highest BCUT2D eigenvalue weighted by Gasteiger charge is 2.66. The molecule has 0 radical (unpaired) electrons. The first-order chi connectivity index (χ1) is 21.1. The molecule has 6 nitrogen and oxygen atoms in total. The second-order valence-electron chi connectivity index (χ2n) is 12.0. The number of aromatic nitrogens is 2. The summed E-state index contributed by atoms with van der Waals surface area (Å²) in [5.41, 5.74) is 0.742. The van der Waals surface area contributed by atoms with Crippen molar-refractivity contribution in [2.24, 2.45) is 5.92 Å². The van der Waals surface area contributed by atoms with Gasteiger partial charge in [0.1, 0.15) is 34.7 Å². The highest BCUT2D eigenvalue weighted by molar-refractivity contribution is 6.45. The number of hydrogen-bond donors (Lipinski definition) is 1. The number of hydrogen-bond acceptors (Lipinski definition) is 6. The highest BCUT2D eigenvalue weighted by atomic mass is 19.4. The number of aryl methyl sites for hydroxylation is 1. The maximum atomic E-state index is 15.1. The lowest BCUT2D eigenvalue weighted by atomic mass is 9.97. The SMILES string of the molecule is COc1cc2nc(-c3ccc(CC(=O)C(=N)c4coc(C5(C(F)(F)F)CC5)c4)c(F)c3)cnc2cc1CCCC1CCCC1. The molecule has 1 N–H and O–H groups in total. The predicted molar refractivity (Wildman–Crippen MR) is 158 cm³/mol. The number of ether oxygens (including phenoxy) is 1. The third kappa shape index (κ3) is 5.86. The van der Waals surface area contributed by atoms with Gasteiger partial charge in [-0.25, -0.2) is 9.37 Å². The first-order valence-electron chi connectivity index (χ1n) is 15.0. The van der Waals surface area contributed by atoms with Gasteiger partial charge >= 0.3 is 6.18 Å². The number of carbonyl (C=O) groups excluding carboxylic acids is 1. The Morgan fingerprint density at radius 2 is 1.86 bits per heavy atom. The van der Waals surface area contributed by atoms with Crippen molar-refractivity contribution in [3.63, 3.8) is 0 Å². The number of nitrogens with zero attached hydrogens (tertiary/aromatic N) is 2. The Morgan fingerprint density at radius 3 is 2.55 bits per heavy atom. The highest BCUT2D eigenvalue weighted by Crippen LogP contribution is 2.59. The van der Waals surface area contributed by atoms with Gasteiger partial charge in [-0.2, -0.15) is 13.2 Å². The quantitative estimate of drug-likeness (QED) is 0.137. The summed E-state index contributed by atoms with van der Waals surface area (Å²) < 4.78 is 66.1. The fourth-order valence-corrected chi connectivity index (χ4v) is 6.27. The van der Waals surface area contributed by atoms with Crippen LogP contribution >= 0.6 is 0 Å². The van der Waals surface area contributed by atoms with Crippen LogP contribution in [-0.2, 0) is 23.1 Å². The fraction of sp³-hybridized carbons (Fsp3) is 0.412. The van der Waals surface area contributed by atoms with Crippen molar-refractivity contribution in [3.8, 4) is 17.0 Å². The largest absolute Gasteiger partial charge is 0.496 e. The van der Waals surface area contributed by atoms with E-state index in [2.05, 4.69) is 9.97 Å². The van der Waals surface area contributed by atoms with E-state index in [9.17, 15) is 18.0 Å². The van der Waals surface area contributed by atoms with Crippen molar-refractivity contribution in [2.75, 3.05) is 7.11 Å². The Labute approximate surface area is 252 Å². The molecule has 44 heavy (non-hydrogen) atoms. The second kappa shape index (κ2) is 11.8. The summed E-state index contributed by atoms with van der Waals surface area (Å²) in [5, 5.41) is 8.19. The van der Waals surface area contributed by atoms with E-state index in [0.29, 0.717) is 16.8 Å². The molecule has 0 unspecified atom stereocenters. The normalized spacial score (nSPS) is 16.4. The molecule has 0 bridgehead atoms. The van der Waals surface area contributed by atoms with Crippen LogP contribution in [0.25, 0.3) is 22.3 Å². The van der Waals surface area contributed by atoms with E-state index in [1.807, 2.05) is 12.1 Å². The number of nitrogens with one attached hydrogen (secondary N) is 1. The standard InChI is InChI=1S/C34H33F4N3O3/c1-43-30-17-27-26(14-23(30)8-4-7-20-5-2-3-6-20)40-18-28(41-27)22-10-9-21(25(35)13-22)15-29(42)32(39)24-16-31(44-19-24)33(11-12-33)34(36,37)38/h9-10,13-14,16-20,39H,2-8,11-12,15H2,1H3.